The molecule has 3 rings (SSSR count). The molecule has 1 atom stereocenters. The molecule has 2 fully saturated rings. The Balaban J connectivity index is 0.00000320. The molecule has 0 aromatic heterocycles. The number of likely N-dealkylation sites (tertiary alicyclic amines) is 1. The minimum atomic E-state index is -0.508. The van der Waals surface area contributed by atoms with Gasteiger partial charge in [0.15, 0.2) is 5.96 Å². The largest absolute Gasteiger partial charge is 0.391 e. The van der Waals surface area contributed by atoms with Crippen molar-refractivity contribution in [3.8, 4) is 0 Å². The van der Waals surface area contributed by atoms with E-state index >= 15 is 0 Å². The average molecular weight is 530 g/mol. The first kappa shape index (κ1) is 24.9. The fourth-order valence-electron chi connectivity index (χ4n) is 3.95. The van der Waals surface area contributed by atoms with E-state index in [0.717, 1.165) is 44.0 Å². The predicted octanol–water partition coefficient (Wildman–Crippen LogP) is 1.74. The van der Waals surface area contributed by atoms with Crippen LogP contribution in [0.4, 0.5) is 0 Å². The summed E-state index contributed by atoms with van der Waals surface area (Å²) < 4.78 is 5.35. The van der Waals surface area contributed by atoms with E-state index in [0.29, 0.717) is 39.3 Å². The summed E-state index contributed by atoms with van der Waals surface area (Å²) in [5, 5.41) is 13.7. The fourth-order valence-corrected chi connectivity index (χ4v) is 3.95. The summed E-state index contributed by atoms with van der Waals surface area (Å²) in [6, 6.07) is 9.99. The van der Waals surface area contributed by atoms with E-state index < -0.39 is 6.10 Å². The Labute approximate surface area is 196 Å². The second-order valence-corrected chi connectivity index (χ2v) is 7.74. The van der Waals surface area contributed by atoms with Gasteiger partial charge in [-0.05, 0) is 25.3 Å². The highest BCUT2D eigenvalue weighted by molar-refractivity contribution is 14.0. The Morgan fingerprint density at radius 1 is 1.17 bits per heavy atom. The Morgan fingerprint density at radius 3 is 2.47 bits per heavy atom. The van der Waals surface area contributed by atoms with Crippen LogP contribution in [0.25, 0.3) is 0 Å². The van der Waals surface area contributed by atoms with E-state index in [-0.39, 0.29) is 35.8 Å². The summed E-state index contributed by atoms with van der Waals surface area (Å²) in [5.74, 6) is 1.20. The number of nitrogens with zero attached hydrogens (tertiary/aromatic N) is 3. The molecule has 2 N–H and O–H groups in total. The van der Waals surface area contributed by atoms with Crippen molar-refractivity contribution in [1.29, 1.82) is 0 Å². The number of piperidine rings is 1. The van der Waals surface area contributed by atoms with Gasteiger partial charge in [-0.2, -0.15) is 0 Å². The van der Waals surface area contributed by atoms with Gasteiger partial charge in [0.1, 0.15) is 0 Å². The number of rotatable bonds is 6. The number of guanidine groups is 1. The summed E-state index contributed by atoms with van der Waals surface area (Å²) in [7, 11) is 0. The molecule has 0 bridgehead atoms. The van der Waals surface area contributed by atoms with E-state index in [1.807, 2.05) is 42.2 Å². The van der Waals surface area contributed by atoms with Gasteiger partial charge < -0.3 is 25.0 Å². The van der Waals surface area contributed by atoms with E-state index in [9.17, 15) is 9.90 Å². The molecule has 1 aromatic rings. The zero-order valence-corrected chi connectivity index (χ0v) is 20.2. The van der Waals surface area contributed by atoms with Gasteiger partial charge in [-0.15, -0.1) is 24.0 Å². The number of hydrogen-bond donors (Lipinski definition) is 2. The summed E-state index contributed by atoms with van der Waals surface area (Å²) in [4.78, 5) is 21.5. The molecule has 2 aliphatic rings. The maximum atomic E-state index is 12.7. The van der Waals surface area contributed by atoms with Crippen molar-refractivity contribution in [2.24, 2.45) is 10.9 Å². The highest BCUT2D eigenvalue weighted by Crippen LogP contribution is 2.20. The maximum Gasteiger partial charge on any atom is 0.225 e. The lowest BCUT2D eigenvalue weighted by molar-refractivity contribution is -0.140. The van der Waals surface area contributed by atoms with Crippen molar-refractivity contribution in [3.63, 3.8) is 0 Å². The molecule has 0 aliphatic carbocycles. The summed E-state index contributed by atoms with van der Waals surface area (Å²) in [6.07, 6.45) is 1.77. The molecule has 0 saturated carbocycles. The van der Waals surface area contributed by atoms with Gasteiger partial charge in [-0.3, -0.25) is 9.79 Å². The lowest BCUT2D eigenvalue weighted by Crippen LogP contribution is -2.50. The monoisotopic (exact) mass is 530 g/mol. The van der Waals surface area contributed by atoms with Crippen molar-refractivity contribution >= 4 is 35.8 Å². The Kier molecular flexibility index (Phi) is 10.9. The highest BCUT2D eigenvalue weighted by Gasteiger charge is 2.30. The summed E-state index contributed by atoms with van der Waals surface area (Å²) in [6.45, 7) is 7.52. The molecule has 168 valence electrons. The molecule has 7 nitrogen and oxygen atoms in total. The summed E-state index contributed by atoms with van der Waals surface area (Å²) in [5.41, 5.74) is 1.11. The SMILES string of the molecule is CCNC(=NCC(O)Cc1ccccc1)N1CCC(C(=O)N2CCOCC2)CC1.I. The predicted molar refractivity (Wildman–Crippen MR) is 129 cm³/mol. The Morgan fingerprint density at radius 2 is 1.83 bits per heavy atom. The number of hydrogen-bond acceptors (Lipinski definition) is 4. The minimum absolute atomic E-state index is 0. The fraction of sp³-hybridized carbons (Fsp3) is 0.636. The maximum absolute atomic E-state index is 12.7. The first-order chi connectivity index (χ1) is 14.2. The molecule has 0 radical (unpaired) electrons. The third kappa shape index (κ3) is 7.39. The van der Waals surface area contributed by atoms with Crippen LogP contribution in [0.1, 0.15) is 25.3 Å². The van der Waals surface area contributed by atoms with Gasteiger partial charge in [-0.25, -0.2) is 0 Å². The van der Waals surface area contributed by atoms with Crippen LogP contribution in [0.5, 0.6) is 0 Å². The molecule has 1 unspecified atom stereocenters. The Bertz CT molecular complexity index is 660. The number of morpholine rings is 1. The van der Waals surface area contributed by atoms with Crippen molar-refractivity contribution in [2.45, 2.75) is 32.3 Å². The topological polar surface area (TPSA) is 77.4 Å². The van der Waals surface area contributed by atoms with Crippen molar-refractivity contribution in [1.82, 2.24) is 15.1 Å². The summed E-state index contributed by atoms with van der Waals surface area (Å²) >= 11 is 0. The zero-order valence-electron chi connectivity index (χ0n) is 17.8. The third-order valence-electron chi connectivity index (χ3n) is 5.57. The molecule has 2 heterocycles. The second-order valence-electron chi connectivity index (χ2n) is 7.74. The molecule has 1 amide bonds. The van der Waals surface area contributed by atoms with Crippen LogP contribution in [0.2, 0.25) is 0 Å². The van der Waals surface area contributed by atoms with Crippen LogP contribution in [-0.4, -0.2) is 85.4 Å². The lowest BCUT2D eigenvalue weighted by atomic mass is 9.95. The first-order valence-corrected chi connectivity index (χ1v) is 10.8. The van der Waals surface area contributed by atoms with Gasteiger partial charge in [-0.1, -0.05) is 30.3 Å². The van der Waals surface area contributed by atoms with Crippen LogP contribution >= 0.6 is 24.0 Å². The van der Waals surface area contributed by atoms with Gasteiger partial charge in [0.05, 0.1) is 25.9 Å². The van der Waals surface area contributed by atoms with Gasteiger partial charge in [0.2, 0.25) is 5.91 Å². The van der Waals surface area contributed by atoms with Crippen LogP contribution in [0.3, 0.4) is 0 Å². The van der Waals surface area contributed by atoms with E-state index in [1.165, 1.54) is 0 Å². The van der Waals surface area contributed by atoms with Crippen molar-refractivity contribution in [3.05, 3.63) is 35.9 Å². The molecule has 1 aromatic carbocycles. The van der Waals surface area contributed by atoms with Crippen molar-refractivity contribution in [2.75, 3.05) is 52.5 Å². The van der Waals surface area contributed by atoms with Crippen LogP contribution < -0.4 is 5.32 Å². The molecule has 2 saturated heterocycles. The van der Waals surface area contributed by atoms with Crippen molar-refractivity contribution < 1.29 is 14.6 Å². The van der Waals surface area contributed by atoms with E-state index in [2.05, 4.69) is 15.2 Å². The molecule has 0 spiro atoms. The molecular formula is C22H35IN4O3. The molecule has 30 heavy (non-hydrogen) atoms. The number of aliphatic hydroxyl groups excluding tert-OH is 1. The standard InChI is InChI=1S/C22H34N4O3.HI/c1-2-23-22(24-17-20(27)16-18-6-4-3-5-7-18)26-10-8-19(9-11-26)21(28)25-12-14-29-15-13-25;/h3-7,19-20,27H,2,8-17H2,1H3,(H,23,24);1H. The average Bonchev–Trinajstić information content (AvgIpc) is 2.77. The number of benzene rings is 1. The van der Waals surface area contributed by atoms with Gasteiger partial charge in [0.25, 0.3) is 0 Å². The number of aliphatic imine (C=N–C) groups is 1. The van der Waals surface area contributed by atoms with Gasteiger partial charge in [0, 0.05) is 45.1 Å². The van der Waals surface area contributed by atoms with Crippen LogP contribution in [-0.2, 0) is 16.0 Å². The highest BCUT2D eigenvalue weighted by atomic mass is 127. The number of halogens is 1. The van der Waals surface area contributed by atoms with E-state index in [1.54, 1.807) is 0 Å². The first-order valence-electron chi connectivity index (χ1n) is 10.8. The second kappa shape index (κ2) is 13.1. The van der Waals surface area contributed by atoms with E-state index in [4.69, 9.17) is 4.74 Å². The quantitative estimate of drug-likeness (QED) is 0.333. The number of aliphatic hydroxyl groups is 1. The number of carbonyl (C=O) groups is 1. The number of ether oxygens (including phenoxy) is 1. The lowest BCUT2D eigenvalue weighted by Gasteiger charge is -2.36. The number of amides is 1. The molecule has 8 heteroatoms. The number of nitrogens with one attached hydrogen (secondary N) is 1. The smallest absolute Gasteiger partial charge is 0.225 e. The number of carbonyl (C=O) groups excluding carboxylic acids is 1. The zero-order chi connectivity index (χ0) is 20.5. The third-order valence-corrected chi connectivity index (χ3v) is 5.57. The Hall–Kier alpha value is -1.39. The molecule has 2 aliphatic heterocycles. The van der Waals surface area contributed by atoms with Crippen LogP contribution in [0.15, 0.2) is 35.3 Å². The minimum Gasteiger partial charge on any atom is -0.391 e. The van der Waals surface area contributed by atoms with Gasteiger partial charge >= 0.3 is 0 Å². The molecular weight excluding hydrogens is 495 g/mol. The van der Waals surface area contributed by atoms with Crippen LogP contribution in [0, 0.1) is 5.92 Å². The normalized spacial score (nSPS) is 19.2.